The van der Waals surface area contributed by atoms with Crippen LogP contribution in [0.1, 0.15) is 65.2 Å². The molecule has 0 amide bonds. The van der Waals surface area contributed by atoms with Gasteiger partial charge in [-0.15, -0.1) is 22.7 Å². The molecule has 2 rings (SSSR count). The third kappa shape index (κ3) is 5.67. The predicted octanol–water partition coefficient (Wildman–Crippen LogP) is 4.85. The molecule has 2 heterocycles. The Morgan fingerprint density at radius 2 is 1.62 bits per heavy atom. The Morgan fingerprint density at radius 1 is 0.962 bits per heavy atom. The summed E-state index contributed by atoms with van der Waals surface area (Å²) < 4.78 is 6.50. The van der Waals surface area contributed by atoms with Gasteiger partial charge in [-0.25, -0.2) is 0 Å². The first-order valence-electron chi connectivity index (χ1n) is 9.41. The molecule has 0 atom stereocenters. The fourth-order valence-electron chi connectivity index (χ4n) is 2.47. The summed E-state index contributed by atoms with van der Waals surface area (Å²) in [5.74, 6) is 0. The smallest absolute Gasteiger partial charge is 0.423 e. The number of aliphatic hydroxyl groups is 1. The average Bonchev–Trinajstić information content (AvgIpc) is 3.19. The highest BCUT2D eigenvalue weighted by Crippen LogP contribution is 2.32. The minimum Gasteiger partial charge on any atom is -0.423 e. The van der Waals surface area contributed by atoms with Crippen molar-refractivity contribution < 1.29 is 14.8 Å². The van der Waals surface area contributed by atoms with Crippen LogP contribution in [-0.2, 0) is 11.1 Å². The standard InChI is InChI=1S/C20H31BO3S2/c1-6-7-8-9-10-15-11-12-16(25-15)17-13-14-18(26-17)21(23)24-20(4,5)19(2,3)22/h11-14,22-23H,6-10H2,1-5H3. The molecule has 0 aliphatic heterocycles. The summed E-state index contributed by atoms with van der Waals surface area (Å²) in [7, 11) is -1.04. The van der Waals surface area contributed by atoms with Crippen molar-refractivity contribution >= 4 is 34.6 Å². The molecule has 0 aliphatic rings. The van der Waals surface area contributed by atoms with Crippen LogP contribution in [0.5, 0.6) is 0 Å². The molecule has 3 nitrogen and oxygen atoms in total. The lowest BCUT2D eigenvalue weighted by molar-refractivity contribution is -0.0981. The van der Waals surface area contributed by atoms with Crippen LogP contribution in [0.3, 0.4) is 0 Å². The molecule has 0 saturated heterocycles. The number of hydrogen-bond acceptors (Lipinski definition) is 5. The Balaban J connectivity index is 2.00. The maximum Gasteiger partial charge on any atom is 0.502 e. The summed E-state index contributed by atoms with van der Waals surface area (Å²) in [4.78, 5) is 3.81. The van der Waals surface area contributed by atoms with E-state index in [2.05, 4.69) is 19.1 Å². The summed E-state index contributed by atoms with van der Waals surface area (Å²) in [5, 5.41) is 20.6. The minimum absolute atomic E-state index is 0.759. The Morgan fingerprint density at radius 3 is 2.27 bits per heavy atom. The van der Waals surface area contributed by atoms with Crippen LogP contribution in [0.2, 0.25) is 0 Å². The second kappa shape index (κ2) is 9.02. The first kappa shape index (κ1) is 21.6. The zero-order valence-corrected chi connectivity index (χ0v) is 18.2. The third-order valence-electron chi connectivity index (χ3n) is 4.93. The highest BCUT2D eigenvalue weighted by atomic mass is 32.1. The normalized spacial score (nSPS) is 12.6. The highest BCUT2D eigenvalue weighted by Gasteiger charge is 2.39. The first-order chi connectivity index (χ1) is 12.1. The van der Waals surface area contributed by atoms with Gasteiger partial charge in [-0.05, 0) is 58.7 Å². The van der Waals surface area contributed by atoms with Crippen molar-refractivity contribution in [3.63, 3.8) is 0 Å². The summed E-state index contributed by atoms with van der Waals surface area (Å²) in [6.07, 6.45) is 6.28. The van der Waals surface area contributed by atoms with Gasteiger partial charge in [-0.1, -0.05) is 32.3 Å². The molecule has 6 heteroatoms. The second-order valence-electron chi connectivity index (χ2n) is 7.82. The van der Waals surface area contributed by atoms with Crippen LogP contribution in [0.25, 0.3) is 9.75 Å². The fraction of sp³-hybridized carbons (Fsp3) is 0.600. The molecule has 0 saturated carbocycles. The van der Waals surface area contributed by atoms with E-state index in [-0.39, 0.29) is 0 Å². The molecule has 144 valence electrons. The molecule has 2 aromatic heterocycles. The molecule has 2 N–H and O–H groups in total. The van der Waals surface area contributed by atoms with Crippen molar-refractivity contribution in [1.82, 2.24) is 0 Å². The van der Waals surface area contributed by atoms with Gasteiger partial charge in [-0.3, -0.25) is 0 Å². The lowest BCUT2D eigenvalue weighted by Crippen LogP contribution is -2.52. The third-order valence-corrected chi connectivity index (χ3v) is 7.39. The van der Waals surface area contributed by atoms with Gasteiger partial charge in [0, 0.05) is 19.4 Å². The van der Waals surface area contributed by atoms with Crippen molar-refractivity contribution in [3.05, 3.63) is 29.1 Å². The van der Waals surface area contributed by atoms with Crippen molar-refractivity contribution in [2.75, 3.05) is 0 Å². The van der Waals surface area contributed by atoms with Crippen LogP contribution in [0, 0.1) is 0 Å². The fourth-order valence-corrected chi connectivity index (χ4v) is 4.53. The maximum atomic E-state index is 10.4. The highest BCUT2D eigenvalue weighted by molar-refractivity contribution is 7.27. The molecule has 0 spiro atoms. The SMILES string of the molecule is CCCCCCc1ccc(-c2ccc(B(O)OC(C)(C)C(C)(C)O)s2)s1. The molecule has 0 aromatic carbocycles. The van der Waals surface area contributed by atoms with Gasteiger partial charge in [0.2, 0.25) is 0 Å². The largest absolute Gasteiger partial charge is 0.502 e. The van der Waals surface area contributed by atoms with Crippen LogP contribution < -0.4 is 4.78 Å². The van der Waals surface area contributed by atoms with E-state index in [1.807, 2.05) is 23.5 Å². The molecule has 0 radical (unpaired) electrons. The van der Waals surface area contributed by atoms with Gasteiger partial charge in [0.15, 0.2) is 0 Å². The van der Waals surface area contributed by atoms with Gasteiger partial charge < -0.3 is 14.8 Å². The van der Waals surface area contributed by atoms with Crippen molar-refractivity contribution in [1.29, 1.82) is 0 Å². The molecule has 0 bridgehead atoms. The van der Waals surface area contributed by atoms with Crippen LogP contribution in [-0.4, -0.2) is 28.5 Å². The number of thiophene rings is 2. The molecule has 0 aliphatic carbocycles. The predicted molar refractivity (Wildman–Crippen MR) is 115 cm³/mol. The summed E-state index contributed by atoms with van der Waals surface area (Å²) in [6.45, 7) is 9.18. The zero-order valence-electron chi connectivity index (χ0n) is 16.5. The Labute approximate surface area is 166 Å². The lowest BCUT2D eigenvalue weighted by Gasteiger charge is -2.38. The van der Waals surface area contributed by atoms with E-state index in [0.717, 1.165) is 16.1 Å². The monoisotopic (exact) mass is 394 g/mol. The zero-order chi connectivity index (χ0) is 19.4. The maximum absolute atomic E-state index is 10.4. The number of hydrogen-bond donors (Lipinski definition) is 2. The second-order valence-corrected chi connectivity index (χ2v) is 10.1. The van der Waals surface area contributed by atoms with Gasteiger partial charge in [-0.2, -0.15) is 0 Å². The lowest BCUT2D eigenvalue weighted by atomic mass is 9.82. The number of rotatable bonds is 10. The number of unbranched alkanes of at least 4 members (excludes halogenated alkanes) is 3. The topological polar surface area (TPSA) is 49.7 Å². The minimum atomic E-state index is -1.05. The molecule has 0 fully saturated rings. The number of aryl methyl sites for hydroxylation is 1. The summed E-state index contributed by atoms with van der Waals surface area (Å²) in [5.41, 5.74) is -1.90. The molecule has 0 unspecified atom stereocenters. The van der Waals surface area contributed by atoms with Gasteiger partial charge in [0.05, 0.1) is 11.2 Å². The van der Waals surface area contributed by atoms with E-state index >= 15 is 0 Å². The van der Waals surface area contributed by atoms with Gasteiger partial charge >= 0.3 is 7.12 Å². The average molecular weight is 394 g/mol. The Bertz CT molecular complexity index is 685. The molecular weight excluding hydrogens is 363 g/mol. The van der Waals surface area contributed by atoms with E-state index in [1.54, 1.807) is 39.0 Å². The van der Waals surface area contributed by atoms with E-state index in [4.69, 9.17) is 4.65 Å². The Kier molecular flexibility index (Phi) is 7.51. The van der Waals surface area contributed by atoms with Crippen molar-refractivity contribution in [3.8, 4) is 9.75 Å². The van der Waals surface area contributed by atoms with Crippen LogP contribution >= 0.6 is 22.7 Å². The molecular formula is C20H31BO3S2. The summed E-state index contributed by atoms with van der Waals surface area (Å²) >= 11 is 3.38. The first-order valence-corrected chi connectivity index (χ1v) is 11.0. The Hall–Kier alpha value is -0.655. The quantitative estimate of drug-likeness (QED) is 0.447. The molecule has 26 heavy (non-hydrogen) atoms. The van der Waals surface area contributed by atoms with Crippen LogP contribution in [0.4, 0.5) is 0 Å². The van der Waals surface area contributed by atoms with E-state index in [1.165, 1.54) is 35.4 Å². The van der Waals surface area contributed by atoms with Gasteiger partial charge in [0.25, 0.3) is 0 Å². The van der Waals surface area contributed by atoms with Crippen LogP contribution in [0.15, 0.2) is 24.3 Å². The van der Waals surface area contributed by atoms with Gasteiger partial charge in [0.1, 0.15) is 0 Å². The van der Waals surface area contributed by atoms with E-state index in [0.29, 0.717) is 0 Å². The van der Waals surface area contributed by atoms with E-state index in [9.17, 15) is 10.1 Å². The van der Waals surface area contributed by atoms with Crippen molar-refractivity contribution in [2.24, 2.45) is 0 Å². The van der Waals surface area contributed by atoms with E-state index < -0.39 is 18.3 Å². The van der Waals surface area contributed by atoms with Crippen molar-refractivity contribution in [2.45, 2.75) is 77.9 Å². The summed E-state index contributed by atoms with van der Waals surface area (Å²) in [6, 6.07) is 8.33. The molecule has 2 aromatic rings.